The minimum atomic E-state index is -4.66. The van der Waals surface area contributed by atoms with E-state index in [1.807, 2.05) is 12.1 Å². The molecule has 0 saturated heterocycles. The molecule has 40 heavy (non-hydrogen) atoms. The molecule has 2 unspecified atom stereocenters. The maximum atomic E-state index is 15.0. The molecule has 0 heterocycles. The third kappa shape index (κ3) is 9.68. The summed E-state index contributed by atoms with van der Waals surface area (Å²) in [7, 11) is 0. The van der Waals surface area contributed by atoms with Gasteiger partial charge < -0.3 is 16.8 Å². The van der Waals surface area contributed by atoms with Gasteiger partial charge in [-0.05, 0) is 54.4 Å². The highest BCUT2D eigenvalue weighted by atomic mass is 35.5. The second kappa shape index (κ2) is 14.6. The van der Waals surface area contributed by atoms with Gasteiger partial charge in [0.25, 0.3) is 5.91 Å². The number of ketones is 1. The molecule has 0 spiro atoms. The van der Waals surface area contributed by atoms with Crippen LogP contribution in [0.5, 0.6) is 0 Å². The molecule has 0 aliphatic rings. The van der Waals surface area contributed by atoms with Crippen molar-refractivity contribution in [2.75, 3.05) is 6.54 Å². The normalized spacial score (nSPS) is 15.4. The van der Waals surface area contributed by atoms with Crippen LogP contribution < -0.4 is 16.8 Å². The highest BCUT2D eigenvalue weighted by Crippen LogP contribution is 2.32. The number of halogens is 7. The Labute approximate surface area is 240 Å². The van der Waals surface area contributed by atoms with Crippen molar-refractivity contribution in [3.63, 3.8) is 0 Å². The summed E-state index contributed by atoms with van der Waals surface area (Å²) in [6.45, 7) is 1.95. The van der Waals surface area contributed by atoms with Crippen LogP contribution in [-0.2, 0) is 22.4 Å². The molecule has 5 nitrogen and oxygen atoms in total. The van der Waals surface area contributed by atoms with Crippen LogP contribution in [0.15, 0.2) is 48.5 Å². The maximum absolute atomic E-state index is 15.0. The summed E-state index contributed by atoms with van der Waals surface area (Å²) in [4.78, 5) is 25.2. The molecule has 1 amide bonds. The van der Waals surface area contributed by atoms with Gasteiger partial charge in [0.2, 0.25) is 5.78 Å². The van der Waals surface area contributed by atoms with Gasteiger partial charge in [0, 0.05) is 24.5 Å². The molecule has 0 radical (unpaired) electrons. The molecule has 4 atom stereocenters. The number of Topliss-reactive ketones (excluding diaryl/α,β-unsaturated/α-hetero) is 1. The second-order valence-corrected chi connectivity index (χ2v) is 11.0. The fourth-order valence-corrected chi connectivity index (χ4v) is 4.96. The van der Waals surface area contributed by atoms with E-state index in [4.69, 9.17) is 34.7 Å². The maximum Gasteiger partial charge on any atom is 0.390 e. The lowest BCUT2D eigenvalue weighted by molar-refractivity contribution is -0.163. The molecule has 0 aromatic heterocycles. The van der Waals surface area contributed by atoms with E-state index < -0.39 is 66.6 Å². The topological polar surface area (TPSA) is 98.2 Å². The number of aryl methyl sites for hydroxylation is 1. The van der Waals surface area contributed by atoms with Gasteiger partial charge in [0.05, 0.1) is 16.5 Å². The zero-order chi connectivity index (χ0) is 30.3. The molecule has 2 aromatic carbocycles. The standard InChI is InChI=1S/C28H34Cl2F5N3O2/c1-16(2)23(25(39)28(34,35)26(40)38-13-12-27(31,32)33)24(37)19(14-17-6-4-3-5-7-17)22(36)11-9-18-8-10-20(29)21(30)15-18/h3-8,10,15-16,19,22-24H,9,11-14,36-37H2,1-2H3,(H,38,40)/t19-,22?,23-,24?/m0/s1. The van der Waals surface area contributed by atoms with Crippen molar-refractivity contribution in [3.05, 3.63) is 69.7 Å². The van der Waals surface area contributed by atoms with E-state index in [9.17, 15) is 31.5 Å². The van der Waals surface area contributed by atoms with Crippen LogP contribution in [0.3, 0.4) is 0 Å². The number of carbonyl (C=O) groups is 2. The van der Waals surface area contributed by atoms with Crippen LogP contribution in [-0.4, -0.2) is 42.4 Å². The monoisotopic (exact) mass is 609 g/mol. The summed E-state index contributed by atoms with van der Waals surface area (Å²) >= 11 is 12.1. The molecular formula is C28H34Cl2F5N3O2. The summed E-state index contributed by atoms with van der Waals surface area (Å²) in [5.74, 6) is -11.3. The summed E-state index contributed by atoms with van der Waals surface area (Å²) in [5.41, 5.74) is 14.8. The average Bonchev–Trinajstić information content (AvgIpc) is 2.87. The number of benzene rings is 2. The largest absolute Gasteiger partial charge is 0.390 e. The van der Waals surface area contributed by atoms with E-state index in [0.29, 0.717) is 22.9 Å². The molecule has 0 fully saturated rings. The first-order valence-electron chi connectivity index (χ1n) is 12.8. The summed E-state index contributed by atoms with van der Waals surface area (Å²) in [6, 6.07) is 12.3. The SMILES string of the molecule is CC(C)[C@H](C(=O)C(F)(F)C(=O)NCCC(F)(F)F)C(N)[C@@H](Cc1ccccc1)C(N)CCc1ccc(Cl)c(Cl)c1. The van der Waals surface area contributed by atoms with Crippen LogP contribution >= 0.6 is 23.2 Å². The smallest absolute Gasteiger partial charge is 0.350 e. The zero-order valence-electron chi connectivity index (χ0n) is 22.2. The van der Waals surface area contributed by atoms with Gasteiger partial charge in [-0.15, -0.1) is 0 Å². The van der Waals surface area contributed by atoms with Gasteiger partial charge in [0.15, 0.2) is 0 Å². The van der Waals surface area contributed by atoms with Gasteiger partial charge in [-0.1, -0.05) is 73.4 Å². The highest BCUT2D eigenvalue weighted by molar-refractivity contribution is 6.42. The summed E-state index contributed by atoms with van der Waals surface area (Å²) < 4.78 is 67.2. The third-order valence-corrected chi connectivity index (χ3v) is 7.57. The highest BCUT2D eigenvalue weighted by Gasteiger charge is 2.53. The van der Waals surface area contributed by atoms with Gasteiger partial charge in [0.1, 0.15) is 0 Å². The Balaban J connectivity index is 2.30. The Morgan fingerprint density at radius 1 is 0.925 bits per heavy atom. The second-order valence-electron chi connectivity index (χ2n) is 10.2. The van der Waals surface area contributed by atoms with Crippen molar-refractivity contribution < 1.29 is 31.5 Å². The zero-order valence-corrected chi connectivity index (χ0v) is 23.7. The van der Waals surface area contributed by atoms with E-state index in [-0.39, 0.29) is 6.42 Å². The van der Waals surface area contributed by atoms with Crippen molar-refractivity contribution in [2.24, 2.45) is 29.2 Å². The van der Waals surface area contributed by atoms with Gasteiger partial charge in [-0.2, -0.15) is 22.0 Å². The first-order chi connectivity index (χ1) is 18.5. The first-order valence-corrected chi connectivity index (χ1v) is 13.6. The first kappa shape index (κ1) is 33.9. The number of nitrogens with two attached hydrogens (primary N) is 2. The molecule has 5 N–H and O–H groups in total. The Morgan fingerprint density at radius 2 is 1.55 bits per heavy atom. The van der Waals surface area contributed by atoms with Crippen molar-refractivity contribution in [2.45, 2.75) is 63.7 Å². The number of alkyl halides is 5. The van der Waals surface area contributed by atoms with E-state index >= 15 is 0 Å². The lowest BCUT2D eigenvalue weighted by Crippen LogP contribution is -2.57. The molecule has 2 aromatic rings. The molecule has 222 valence electrons. The predicted octanol–water partition coefficient (Wildman–Crippen LogP) is 5.98. The number of amides is 1. The quantitative estimate of drug-likeness (QED) is 0.181. The summed E-state index contributed by atoms with van der Waals surface area (Å²) in [6.07, 6.45) is -5.06. The Bertz CT molecular complexity index is 1130. The van der Waals surface area contributed by atoms with Gasteiger partial charge in [-0.25, -0.2) is 0 Å². The molecule has 0 aliphatic carbocycles. The number of nitrogens with one attached hydrogen (secondary N) is 1. The van der Waals surface area contributed by atoms with Crippen molar-refractivity contribution in [1.29, 1.82) is 0 Å². The van der Waals surface area contributed by atoms with E-state index in [1.54, 1.807) is 36.4 Å². The van der Waals surface area contributed by atoms with Crippen LogP contribution in [0.1, 0.15) is 37.8 Å². The van der Waals surface area contributed by atoms with Crippen molar-refractivity contribution >= 4 is 34.9 Å². The molecular weight excluding hydrogens is 576 g/mol. The average molecular weight is 610 g/mol. The molecule has 0 bridgehead atoms. The fraction of sp³-hybridized carbons (Fsp3) is 0.500. The lowest BCUT2D eigenvalue weighted by Gasteiger charge is -2.37. The van der Waals surface area contributed by atoms with Crippen LogP contribution in [0.25, 0.3) is 0 Å². The fourth-order valence-electron chi connectivity index (χ4n) is 4.64. The van der Waals surface area contributed by atoms with E-state index in [0.717, 1.165) is 11.1 Å². The molecule has 0 saturated carbocycles. The molecule has 2 rings (SSSR count). The van der Waals surface area contributed by atoms with Gasteiger partial charge >= 0.3 is 12.1 Å². The van der Waals surface area contributed by atoms with Gasteiger partial charge in [-0.3, -0.25) is 9.59 Å². The van der Waals surface area contributed by atoms with Crippen molar-refractivity contribution in [3.8, 4) is 0 Å². The number of hydrogen-bond donors (Lipinski definition) is 3. The van der Waals surface area contributed by atoms with Crippen LogP contribution in [0, 0.1) is 17.8 Å². The van der Waals surface area contributed by atoms with Crippen LogP contribution in [0.2, 0.25) is 10.0 Å². The van der Waals surface area contributed by atoms with Crippen LogP contribution in [0.4, 0.5) is 22.0 Å². The number of rotatable bonds is 14. The number of hydrogen-bond acceptors (Lipinski definition) is 4. The predicted molar refractivity (Wildman–Crippen MR) is 146 cm³/mol. The van der Waals surface area contributed by atoms with E-state index in [2.05, 4.69) is 0 Å². The molecule has 12 heteroatoms. The Hall–Kier alpha value is -2.27. The minimum Gasteiger partial charge on any atom is -0.350 e. The Kier molecular flexibility index (Phi) is 12.4. The lowest BCUT2D eigenvalue weighted by atomic mass is 9.72. The van der Waals surface area contributed by atoms with Crippen molar-refractivity contribution in [1.82, 2.24) is 5.32 Å². The third-order valence-electron chi connectivity index (χ3n) is 6.83. The number of carbonyl (C=O) groups excluding carboxylic acids is 2. The summed E-state index contributed by atoms with van der Waals surface area (Å²) in [5, 5.41) is 2.27. The molecule has 0 aliphatic heterocycles. The minimum absolute atomic E-state index is 0.268. The van der Waals surface area contributed by atoms with E-state index in [1.165, 1.54) is 19.2 Å². The Morgan fingerprint density at radius 3 is 2.10 bits per heavy atom.